The molecule has 0 saturated carbocycles. The Morgan fingerprint density at radius 3 is 2.77 bits per heavy atom. The summed E-state index contributed by atoms with van der Waals surface area (Å²) in [7, 11) is 5.67. The van der Waals surface area contributed by atoms with Crippen molar-refractivity contribution in [1.29, 1.82) is 0 Å². The van der Waals surface area contributed by atoms with Crippen molar-refractivity contribution in [1.82, 2.24) is 19.9 Å². The lowest BCUT2D eigenvalue weighted by Gasteiger charge is -2.21. The zero-order valence-electron chi connectivity index (χ0n) is 13.7. The largest absolute Gasteiger partial charge is 0.361 e. The summed E-state index contributed by atoms with van der Waals surface area (Å²) < 4.78 is 5.00. The van der Waals surface area contributed by atoms with Crippen molar-refractivity contribution in [3.8, 4) is 0 Å². The van der Waals surface area contributed by atoms with Crippen LogP contribution < -0.4 is 0 Å². The minimum absolute atomic E-state index is 0.0126. The molecule has 1 aromatic heterocycles. The third-order valence-corrected chi connectivity index (χ3v) is 3.83. The molecule has 7 nitrogen and oxygen atoms in total. The summed E-state index contributed by atoms with van der Waals surface area (Å²) in [5.74, 6) is 0.515. The van der Waals surface area contributed by atoms with Gasteiger partial charge < -0.3 is 19.2 Å². The number of amides is 2. The number of carbonyl (C=O) groups is 2. The van der Waals surface area contributed by atoms with Gasteiger partial charge in [0.25, 0.3) is 0 Å². The predicted octanol–water partition coefficient (Wildman–Crippen LogP) is 0.352. The molecule has 0 unspecified atom stereocenters. The normalized spacial score (nSPS) is 18.3. The standard InChI is InChI=1S/C15H24N4O3/c1-11-7-13(16-22-11)10-18(4)15(21)12-8-14(20)19(9-12)6-5-17(2)3/h7,12H,5-6,8-10H2,1-4H3/t12-/m0/s1. The summed E-state index contributed by atoms with van der Waals surface area (Å²) in [4.78, 5) is 29.9. The van der Waals surface area contributed by atoms with Gasteiger partial charge in [-0.3, -0.25) is 9.59 Å². The highest BCUT2D eigenvalue weighted by Crippen LogP contribution is 2.20. The Hall–Kier alpha value is -1.89. The predicted molar refractivity (Wildman–Crippen MR) is 81.0 cm³/mol. The van der Waals surface area contributed by atoms with E-state index in [1.54, 1.807) is 16.8 Å². The highest BCUT2D eigenvalue weighted by atomic mass is 16.5. The second kappa shape index (κ2) is 6.91. The van der Waals surface area contributed by atoms with Crippen LogP contribution in [0, 0.1) is 12.8 Å². The SMILES string of the molecule is Cc1cc(CN(C)C(=O)[C@H]2CC(=O)N(CCN(C)C)C2)no1. The van der Waals surface area contributed by atoms with Crippen LogP contribution in [-0.4, -0.2) is 72.4 Å². The quantitative estimate of drug-likeness (QED) is 0.758. The van der Waals surface area contributed by atoms with Crippen LogP contribution in [0.25, 0.3) is 0 Å². The van der Waals surface area contributed by atoms with E-state index in [4.69, 9.17) is 4.52 Å². The monoisotopic (exact) mass is 308 g/mol. The Balaban J connectivity index is 1.88. The zero-order chi connectivity index (χ0) is 16.3. The van der Waals surface area contributed by atoms with Crippen LogP contribution in [0.15, 0.2) is 10.6 Å². The Bertz CT molecular complexity index is 541. The average Bonchev–Trinajstić information content (AvgIpc) is 3.01. The first-order chi connectivity index (χ1) is 10.4. The van der Waals surface area contributed by atoms with E-state index < -0.39 is 0 Å². The van der Waals surface area contributed by atoms with Crippen LogP contribution in [-0.2, 0) is 16.1 Å². The van der Waals surface area contributed by atoms with Gasteiger partial charge in [-0.25, -0.2) is 0 Å². The zero-order valence-corrected chi connectivity index (χ0v) is 13.7. The van der Waals surface area contributed by atoms with E-state index in [-0.39, 0.29) is 17.7 Å². The second-order valence-electron chi connectivity index (χ2n) is 6.17. The fourth-order valence-electron chi connectivity index (χ4n) is 2.60. The van der Waals surface area contributed by atoms with Gasteiger partial charge in [-0.05, 0) is 21.0 Å². The van der Waals surface area contributed by atoms with E-state index >= 15 is 0 Å². The van der Waals surface area contributed by atoms with Crippen molar-refractivity contribution in [2.45, 2.75) is 19.9 Å². The third kappa shape index (κ3) is 4.07. The molecule has 0 aromatic carbocycles. The molecular formula is C15H24N4O3. The summed E-state index contributed by atoms with van der Waals surface area (Å²) in [6.45, 7) is 4.20. The maximum atomic E-state index is 12.5. The van der Waals surface area contributed by atoms with E-state index in [1.807, 2.05) is 32.0 Å². The Kier molecular flexibility index (Phi) is 5.18. The summed E-state index contributed by atoms with van der Waals surface area (Å²) in [5, 5.41) is 3.89. The molecule has 2 rings (SSSR count). The molecule has 1 saturated heterocycles. The molecule has 122 valence electrons. The maximum absolute atomic E-state index is 12.5. The maximum Gasteiger partial charge on any atom is 0.228 e. The van der Waals surface area contributed by atoms with Gasteiger partial charge in [0.05, 0.1) is 12.5 Å². The molecule has 2 heterocycles. The lowest BCUT2D eigenvalue weighted by Crippen LogP contribution is -2.36. The molecule has 2 amide bonds. The Morgan fingerprint density at radius 2 is 2.18 bits per heavy atom. The van der Waals surface area contributed by atoms with Crippen molar-refractivity contribution in [3.63, 3.8) is 0 Å². The van der Waals surface area contributed by atoms with Gasteiger partial charge in [0.1, 0.15) is 11.5 Å². The molecule has 0 N–H and O–H groups in total. The molecule has 0 bridgehead atoms. The van der Waals surface area contributed by atoms with Gasteiger partial charge in [-0.2, -0.15) is 0 Å². The van der Waals surface area contributed by atoms with Crippen LogP contribution in [0.1, 0.15) is 17.9 Å². The van der Waals surface area contributed by atoms with Gasteiger partial charge in [0, 0.05) is 39.2 Å². The Labute approximate surface area is 130 Å². The van der Waals surface area contributed by atoms with E-state index in [0.717, 1.165) is 18.0 Å². The molecule has 0 spiro atoms. The lowest BCUT2D eigenvalue weighted by molar-refractivity contribution is -0.135. The van der Waals surface area contributed by atoms with E-state index in [1.165, 1.54) is 0 Å². The first-order valence-electron chi connectivity index (χ1n) is 7.46. The Morgan fingerprint density at radius 1 is 1.45 bits per heavy atom. The molecule has 7 heteroatoms. The van der Waals surface area contributed by atoms with Gasteiger partial charge in [-0.15, -0.1) is 0 Å². The van der Waals surface area contributed by atoms with E-state index in [0.29, 0.717) is 26.1 Å². The third-order valence-electron chi connectivity index (χ3n) is 3.83. The number of likely N-dealkylation sites (N-methyl/N-ethyl adjacent to an activating group) is 1. The highest BCUT2D eigenvalue weighted by Gasteiger charge is 2.35. The van der Waals surface area contributed by atoms with Crippen molar-refractivity contribution in [2.75, 3.05) is 40.8 Å². The van der Waals surface area contributed by atoms with Gasteiger partial charge >= 0.3 is 0 Å². The smallest absolute Gasteiger partial charge is 0.228 e. The second-order valence-corrected chi connectivity index (χ2v) is 6.17. The lowest BCUT2D eigenvalue weighted by atomic mass is 10.1. The molecule has 0 radical (unpaired) electrons. The number of hydrogen-bond donors (Lipinski definition) is 0. The molecule has 0 aliphatic carbocycles. The number of carbonyl (C=O) groups excluding carboxylic acids is 2. The van der Waals surface area contributed by atoms with Crippen LogP contribution in [0.3, 0.4) is 0 Å². The molecular weight excluding hydrogens is 284 g/mol. The number of rotatable bonds is 6. The first kappa shape index (κ1) is 16.5. The van der Waals surface area contributed by atoms with E-state index in [2.05, 4.69) is 5.16 Å². The summed E-state index contributed by atoms with van der Waals surface area (Å²) in [5.41, 5.74) is 0.724. The van der Waals surface area contributed by atoms with Crippen molar-refractivity contribution in [2.24, 2.45) is 5.92 Å². The fraction of sp³-hybridized carbons (Fsp3) is 0.667. The molecule has 1 aliphatic heterocycles. The highest BCUT2D eigenvalue weighted by molar-refractivity contribution is 5.89. The number of aryl methyl sites for hydroxylation is 1. The van der Waals surface area contributed by atoms with Gasteiger partial charge in [0.15, 0.2) is 0 Å². The number of aromatic nitrogens is 1. The van der Waals surface area contributed by atoms with E-state index in [9.17, 15) is 9.59 Å². The van der Waals surface area contributed by atoms with Gasteiger partial charge in [-0.1, -0.05) is 5.16 Å². The van der Waals surface area contributed by atoms with Crippen molar-refractivity contribution in [3.05, 3.63) is 17.5 Å². The molecule has 22 heavy (non-hydrogen) atoms. The molecule has 1 aromatic rings. The first-order valence-corrected chi connectivity index (χ1v) is 7.46. The van der Waals surface area contributed by atoms with Crippen molar-refractivity contribution < 1.29 is 14.1 Å². The van der Waals surface area contributed by atoms with Gasteiger partial charge in [0.2, 0.25) is 11.8 Å². The number of nitrogens with zero attached hydrogens (tertiary/aromatic N) is 4. The molecule has 1 aliphatic rings. The number of hydrogen-bond acceptors (Lipinski definition) is 5. The van der Waals surface area contributed by atoms with Crippen molar-refractivity contribution >= 4 is 11.8 Å². The van der Waals surface area contributed by atoms with Crippen LogP contribution in [0.5, 0.6) is 0 Å². The van der Waals surface area contributed by atoms with Crippen LogP contribution in [0.4, 0.5) is 0 Å². The van der Waals surface area contributed by atoms with Crippen LogP contribution in [0.2, 0.25) is 0 Å². The summed E-state index contributed by atoms with van der Waals surface area (Å²) in [6.07, 6.45) is 0.300. The minimum atomic E-state index is -0.257. The topological polar surface area (TPSA) is 69.9 Å². The average molecular weight is 308 g/mol. The summed E-state index contributed by atoms with van der Waals surface area (Å²) >= 11 is 0. The minimum Gasteiger partial charge on any atom is -0.361 e. The number of likely N-dealkylation sites (tertiary alicyclic amines) is 1. The van der Waals surface area contributed by atoms with Crippen LogP contribution >= 0.6 is 0 Å². The molecule has 1 fully saturated rings. The summed E-state index contributed by atoms with van der Waals surface area (Å²) in [6, 6.07) is 1.81. The fourth-order valence-corrected chi connectivity index (χ4v) is 2.60. The molecule has 1 atom stereocenters.